The zero-order valence-corrected chi connectivity index (χ0v) is 12.8. The first-order valence-electron chi connectivity index (χ1n) is 7.45. The van der Waals surface area contributed by atoms with Crippen molar-refractivity contribution in [2.24, 2.45) is 0 Å². The van der Waals surface area contributed by atoms with Crippen LogP contribution in [0.5, 0.6) is 0 Å². The molecular formula is C14H20N8. The number of nitrogens with zero attached hydrogens (tertiary/aromatic N) is 7. The van der Waals surface area contributed by atoms with E-state index >= 15 is 0 Å². The topological polar surface area (TPSA) is 83.0 Å². The standard InChI is InChI=1S/C14H20N8/c1-11(2)18-13-19-12(10-17-20-13)21-6-8-22(9-7-21)14-15-4-3-5-16-14/h3-5,10-11H,6-9H2,1-2H3,(H,18,19,20). The Hall–Kier alpha value is -2.51. The van der Waals surface area contributed by atoms with Crippen LogP contribution in [-0.2, 0) is 0 Å². The second-order valence-corrected chi connectivity index (χ2v) is 5.46. The van der Waals surface area contributed by atoms with Crippen LogP contribution in [0.25, 0.3) is 0 Å². The van der Waals surface area contributed by atoms with E-state index in [1.54, 1.807) is 18.6 Å². The molecule has 0 spiro atoms. The minimum absolute atomic E-state index is 0.282. The summed E-state index contributed by atoms with van der Waals surface area (Å²) in [4.78, 5) is 17.5. The molecule has 1 saturated heterocycles. The summed E-state index contributed by atoms with van der Waals surface area (Å²) >= 11 is 0. The molecule has 0 atom stereocenters. The van der Waals surface area contributed by atoms with Crippen LogP contribution in [0.2, 0.25) is 0 Å². The predicted molar refractivity (Wildman–Crippen MR) is 85.0 cm³/mol. The van der Waals surface area contributed by atoms with Gasteiger partial charge < -0.3 is 15.1 Å². The van der Waals surface area contributed by atoms with Gasteiger partial charge in [-0.2, -0.15) is 10.1 Å². The number of hydrogen-bond acceptors (Lipinski definition) is 8. The molecule has 22 heavy (non-hydrogen) atoms. The highest BCUT2D eigenvalue weighted by Gasteiger charge is 2.20. The summed E-state index contributed by atoms with van der Waals surface area (Å²) in [6.07, 6.45) is 5.25. The fourth-order valence-electron chi connectivity index (χ4n) is 2.36. The van der Waals surface area contributed by atoms with Crippen molar-refractivity contribution in [3.05, 3.63) is 24.7 Å². The summed E-state index contributed by atoms with van der Waals surface area (Å²) in [5.74, 6) is 2.21. The van der Waals surface area contributed by atoms with Crippen molar-refractivity contribution < 1.29 is 0 Å². The van der Waals surface area contributed by atoms with E-state index in [1.807, 2.05) is 6.07 Å². The SMILES string of the molecule is CC(C)Nc1nncc(N2CCN(c3ncccn3)CC2)n1. The lowest BCUT2D eigenvalue weighted by Gasteiger charge is -2.35. The molecule has 0 radical (unpaired) electrons. The van der Waals surface area contributed by atoms with E-state index in [4.69, 9.17) is 0 Å². The quantitative estimate of drug-likeness (QED) is 0.888. The molecule has 0 aliphatic carbocycles. The first-order chi connectivity index (χ1) is 10.7. The largest absolute Gasteiger partial charge is 0.352 e. The molecule has 1 N–H and O–H groups in total. The Morgan fingerprint density at radius 3 is 2.41 bits per heavy atom. The number of hydrogen-bond donors (Lipinski definition) is 1. The molecule has 0 unspecified atom stereocenters. The van der Waals surface area contributed by atoms with E-state index in [0.717, 1.165) is 37.9 Å². The first kappa shape index (κ1) is 14.4. The van der Waals surface area contributed by atoms with Crippen LogP contribution in [0.3, 0.4) is 0 Å². The molecule has 0 bridgehead atoms. The molecule has 0 aromatic carbocycles. The van der Waals surface area contributed by atoms with Crippen molar-refractivity contribution in [2.45, 2.75) is 19.9 Å². The molecule has 3 rings (SSSR count). The molecule has 0 amide bonds. The van der Waals surface area contributed by atoms with Crippen molar-refractivity contribution in [1.82, 2.24) is 25.1 Å². The van der Waals surface area contributed by atoms with Crippen molar-refractivity contribution in [1.29, 1.82) is 0 Å². The summed E-state index contributed by atoms with van der Waals surface area (Å²) in [6, 6.07) is 2.11. The summed E-state index contributed by atoms with van der Waals surface area (Å²) < 4.78 is 0. The fourth-order valence-corrected chi connectivity index (χ4v) is 2.36. The number of piperazine rings is 1. The van der Waals surface area contributed by atoms with Crippen LogP contribution in [-0.4, -0.2) is 57.4 Å². The Morgan fingerprint density at radius 2 is 1.73 bits per heavy atom. The Balaban J connectivity index is 1.64. The predicted octanol–water partition coefficient (Wildman–Crippen LogP) is 0.808. The highest BCUT2D eigenvalue weighted by molar-refractivity contribution is 5.43. The van der Waals surface area contributed by atoms with Crippen LogP contribution in [0.4, 0.5) is 17.7 Å². The Morgan fingerprint density at radius 1 is 1.05 bits per heavy atom. The molecule has 8 nitrogen and oxygen atoms in total. The molecule has 1 aliphatic heterocycles. The zero-order valence-electron chi connectivity index (χ0n) is 12.8. The molecule has 8 heteroatoms. The van der Waals surface area contributed by atoms with Gasteiger partial charge in [0.15, 0.2) is 5.82 Å². The smallest absolute Gasteiger partial charge is 0.244 e. The minimum Gasteiger partial charge on any atom is -0.352 e. The highest BCUT2D eigenvalue weighted by Crippen LogP contribution is 2.16. The average molecular weight is 300 g/mol. The third-order valence-electron chi connectivity index (χ3n) is 3.40. The van der Waals surface area contributed by atoms with Crippen LogP contribution < -0.4 is 15.1 Å². The molecule has 2 aromatic heterocycles. The van der Waals surface area contributed by atoms with Crippen molar-refractivity contribution in [3.63, 3.8) is 0 Å². The Bertz CT molecular complexity index is 595. The van der Waals surface area contributed by atoms with Crippen LogP contribution in [0.15, 0.2) is 24.7 Å². The van der Waals surface area contributed by atoms with Crippen LogP contribution in [0.1, 0.15) is 13.8 Å². The lowest BCUT2D eigenvalue weighted by atomic mass is 10.3. The Labute approximate surface area is 129 Å². The van der Waals surface area contributed by atoms with Gasteiger partial charge in [0.1, 0.15) is 0 Å². The van der Waals surface area contributed by atoms with E-state index < -0.39 is 0 Å². The van der Waals surface area contributed by atoms with E-state index in [-0.39, 0.29) is 6.04 Å². The molecule has 116 valence electrons. The van der Waals surface area contributed by atoms with E-state index in [2.05, 4.69) is 54.1 Å². The maximum atomic E-state index is 4.53. The van der Waals surface area contributed by atoms with Gasteiger partial charge in [-0.25, -0.2) is 9.97 Å². The molecule has 0 saturated carbocycles. The normalized spacial score (nSPS) is 15.2. The van der Waals surface area contributed by atoms with E-state index in [1.165, 1.54) is 0 Å². The molecule has 1 aliphatic rings. The molecule has 3 heterocycles. The van der Waals surface area contributed by atoms with Crippen molar-refractivity contribution >= 4 is 17.7 Å². The zero-order chi connectivity index (χ0) is 15.4. The van der Waals surface area contributed by atoms with Crippen LogP contribution in [0, 0.1) is 0 Å². The number of rotatable bonds is 4. The van der Waals surface area contributed by atoms with Gasteiger partial charge in [0, 0.05) is 44.6 Å². The lowest BCUT2D eigenvalue weighted by molar-refractivity contribution is 0.632. The van der Waals surface area contributed by atoms with Gasteiger partial charge in [0.05, 0.1) is 6.20 Å². The van der Waals surface area contributed by atoms with Gasteiger partial charge in [-0.1, -0.05) is 0 Å². The van der Waals surface area contributed by atoms with E-state index in [0.29, 0.717) is 5.95 Å². The van der Waals surface area contributed by atoms with Gasteiger partial charge in [0.2, 0.25) is 11.9 Å². The number of nitrogens with one attached hydrogen (secondary N) is 1. The Kier molecular flexibility index (Phi) is 4.27. The van der Waals surface area contributed by atoms with Gasteiger partial charge in [-0.05, 0) is 19.9 Å². The first-order valence-corrected chi connectivity index (χ1v) is 7.45. The summed E-state index contributed by atoms with van der Waals surface area (Å²) in [5, 5.41) is 11.2. The van der Waals surface area contributed by atoms with Crippen molar-refractivity contribution in [2.75, 3.05) is 41.3 Å². The fraction of sp³-hybridized carbons (Fsp3) is 0.500. The number of anilines is 3. The van der Waals surface area contributed by atoms with Crippen molar-refractivity contribution in [3.8, 4) is 0 Å². The lowest BCUT2D eigenvalue weighted by Crippen LogP contribution is -2.47. The van der Waals surface area contributed by atoms with Gasteiger partial charge >= 0.3 is 0 Å². The number of aromatic nitrogens is 5. The third kappa shape index (κ3) is 3.38. The molecule has 1 fully saturated rings. The molecule has 2 aromatic rings. The minimum atomic E-state index is 0.282. The monoisotopic (exact) mass is 300 g/mol. The van der Waals surface area contributed by atoms with Gasteiger partial charge in [-0.3, -0.25) is 0 Å². The second kappa shape index (κ2) is 6.50. The maximum Gasteiger partial charge on any atom is 0.244 e. The highest BCUT2D eigenvalue weighted by atomic mass is 15.4. The molecular weight excluding hydrogens is 280 g/mol. The summed E-state index contributed by atoms with van der Waals surface area (Å²) in [5.41, 5.74) is 0. The summed E-state index contributed by atoms with van der Waals surface area (Å²) in [7, 11) is 0. The van der Waals surface area contributed by atoms with Gasteiger partial charge in [-0.15, -0.1) is 5.10 Å². The maximum absolute atomic E-state index is 4.53. The summed E-state index contributed by atoms with van der Waals surface area (Å²) in [6.45, 7) is 7.54. The third-order valence-corrected chi connectivity index (χ3v) is 3.40. The second-order valence-electron chi connectivity index (χ2n) is 5.46. The van der Waals surface area contributed by atoms with Crippen LogP contribution >= 0.6 is 0 Å². The average Bonchev–Trinajstić information content (AvgIpc) is 2.55. The van der Waals surface area contributed by atoms with E-state index in [9.17, 15) is 0 Å². The van der Waals surface area contributed by atoms with Gasteiger partial charge in [0.25, 0.3) is 0 Å².